The van der Waals surface area contributed by atoms with Gasteiger partial charge in [-0.2, -0.15) is 0 Å². The summed E-state index contributed by atoms with van der Waals surface area (Å²) in [5, 5.41) is 9.80. The largest absolute Gasteiger partial charge is 0.390 e. The number of nitrogens with two attached hydrogens (primary N) is 1. The van der Waals surface area contributed by atoms with Gasteiger partial charge in [0.15, 0.2) is 0 Å². The molecule has 0 aromatic heterocycles. The van der Waals surface area contributed by atoms with Crippen LogP contribution >= 0.6 is 0 Å². The molecule has 0 spiro atoms. The Morgan fingerprint density at radius 2 is 2.14 bits per heavy atom. The summed E-state index contributed by atoms with van der Waals surface area (Å²) in [7, 11) is 0. The third kappa shape index (κ3) is 4.07. The monoisotopic (exact) mass is 304 g/mol. The van der Waals surface area contributed by atoms with Gasteiger partial charge in [-0.05, 0) is 57.2 Å². The molecule has 2 amide bonds. The number of hydrogen-bond donors (Lipinski definition) is 2. The molecule has 0 saturated carbocycles. The van der Waals surface area contributed by atoms with Crippen molar-refractivity contribution in [3.8, 4) is 0 Å². The molecule has 22 heavy (non-hydrogen) atoms. The highest BCUT2D eigenvalue weighted by molar-refractivity contribution is 5.97. The fourth-order valence-corrected chi connectivity index (χ4v) is 2.78. The van der Waals surface area contributed by atoms with Crippen molar-refractivity contribution in [3.05, 3.63) is 35.4 Å². The van der Waals surface area contributed by atoms with Gasteiger partial charge < -0.3 is 15.7 Å². The van der Waals surface area contributed by atoms with Gasteiger partial charge >= 0.3 is 0 Å². The SMILES string of the molecule is CC(C)(O)CCc1cccc(C(=O)N2CCC[C@H]2C(N)=O)c1. The molecule has 1 atom stereocenters. The van der Waals surface area contributed by atoms with Crippen LogP contribution in [-0.2, 0) is 11.2 Å². The second kappa shape index (κ2) is 6.48. The number of carbonyl (C=O) groups is 2. The highest BCUT2D eigenvalue weighted by Gasteiger charge is 2.33. The van der Waals surface area contributed by atoms with Crippen LogP contribution in [-0.4, -0.2) is 40.0 Å². The minimum atomic E-state index is -0.730. The van der Waals surface area contributed by atoms with Crippen molar-refractivity contribution < 1.29 is 14.7 Å². The maximum absolute atomic E-state index is 12.6. The van der Waals surface area contributed by atoms with Gasteiger partial charge in [0.25, 0.3) is 5.91 Å². The van der Waals surface area contributed by atoms with E-state index < -0.39 is 17.6 Å². The number of aliphatic hydroxyl groups is 1. The first kappa shape index (κ1) is 16.5. The molecule has 1 aromatic carbocycles. The second-order valence-electron chi connectivity index (χ2n) is 6.57. The second-order valence-corrected chi connectivity index (χ2v) is 6.57. The molecule has 5 heteroatoms. The van der Waals surface area contributed by atoms with Crippen molar-refractivity contribution in [1.29, 1.82) is 0 Å². The van der Waals surface area contributed by atoms with Crippen LogP contribution in [0.25, 0.3) is 0 Å². The summed E-state index contributed by atoms with van der Waals surface area (Å²) in [5.74, 6) is -0.588. The molecule has 1 aliphatic rings. The van der Waals surface area contributed by atoms with Crippen LogP contribution in [0.5, 0.6) is 0 Å². The van der Waals surface area contributed by atoms with E-state index in [2.05, 4.69) is 0 Å². The van der Waals surface area contributed by atoms with Gasteiger partial charge in [0.1, 0.15) is 6.04 Å². The Kier molecular flexibility index (Phi) is 4.86. The number of benzene rings is 1. The zero-order valence-corrected chi connectivity index (χ0v) is 13.2. The van der Waals surface area contributed by atoms with Crippen molar-refractivity contribution in [3.63, 3.8) is 0 Å². The van der Waals surface area contributed by atoms with Crippen LogP contribution in [0.2, 0.25) is 0 Å². The molecule has 120 valence electrons. The van der Waals surface area contributed by atoms with E-state index in [4.69, 9.17) is 5.73 Å². The fourth-order valence-electron chi connectivity index (χ4n) is 2.78. The number of aryl methyl sites for hydroxylation is 1. The van der Waals surface area contributed by atoms with Crippen LogP contribution in [0.1, 0.15) is 49.0 Å². The number of rotatable bonds is 5. The smallest absolute Gasteiger partial charge is 0.254 e. The molecular weight excluding hydrogens is 280 g/mol. The molecule has 1 aliphatic heterocycles. The fraction of sp³-hybridized carbons (Fsp3) is 0.529. The van der Waals surface area contributed by atoms with E-state index in [1.807, 2.05) is 18.2 Å². The Morgan fingerprint density at radius 3 is 2.77 bits per heavy atom. The van der Waals surface area contributed by atoms with Crippen LogP contribution in [0.3, 0.4) is 0 Å². The quantitative estimate of drug-likeness (QED) is 0.864. The first-order valence-corrected chi connectivity index (χ1v) is 7.69. The predicted molar refractivity (Wildman–Crippen MR) is 84.3 cm³/mol. The number of likely N-dealkylation sites (tertiary alicyclic amines) is 1. The zero-order valence-electron chi connectivity index (χ0n) is 13.2. The molecule has 5 nitrogen and oxygen atoms in total. The van der Waals surface area contributed by atoms with Crippen molar-refractivity contribution >= 4 is 11.8 Å². The Morgan fingerprint density at radius 1 is 1.41 bits per heavy atom. The molecule has 0 aliphatic carbocycles. The van der Waals surface area contributed by atoms with E-state index in [1.54, 1.807) is 24.8 Å². The molecule has 3 N–H and O–H groups in total. The van der Waals surface area contributed by atoms with Crippen LogP contribution in [0, 0.1) is 0 Å². The average Bonchev–Trinajstić information content (AvgIpc) is 2.93. The lowest BCUT2D eigenvalue weighted by Gasteiger charge is -2.22. The van der Waals surface area contributed by atoms with E-state index in [9.17, 15) is 14.7 Å². The third-order valence-electron chi connectivity index (χ3n) is 4.04. The van der Waals surface area contributed by atoms with Crippen molar-refractivity contribution in [2.45, 2.75) is 51.2 Å². The predicted octanol–water partition coefficient (Wildman–Crippen LogP) is 1.48. The third-order valence-corrected chi connectivity index (χ3v) is 4.04. The summed E-state index contributed by atoms with van der Waals surface area (Å²) in [5.41, 5.74) is 6.21. The van der Waals surface area contributed by atoms with E-state index in [-0.39, 0.29) is 5.91 Å². The molecule has 0 unspecified atom stereocenters. The summed E-state index contributed by atoms with van der Waals surface area (Å²) < 4.78 is 0. The van der Waals surface area contributed by atoms with Gasteiger partial charge in [-0.3, -0.25) is 9.59 Å². The molecular formula is C17H24N2O3. The van der Waals surface area contributed by atoms with Gasteiger partial charge in [0.2, 0.25) is 5.91 Å². The molecule has 2 rings (SSSR count). The van der Waals surface area contributed by atoms with Crippen LogP contribution < -0.4 is 5.73 Å². The van der Waals surface area contributed by atoms with Gasteiger partial charge in [-0.15, -0.1) is 0 Å². The van der Waals surface area contributed by atoms with Gasteiger partial charge in [-0.25, -0.2) is 0 Å². The minimum Gasteiger partial charge on any atom is -0.390 e. The van der Waals surface area contributed by atoms with E-state index >= 15 is 0 Å². The Balaban J connectivity index is 2.12. The lowest BCUT2D eigenvalue weighted by atomic mass is 9.97. The Labute approximate surface area is 131 Å². The number of hydrogen-bond acceptors (Lipinski definition) is 3. The molecule has 1 fully saturated rings. The van der Waals surface area contributed by atoms with Crippen molar-refractivity contribution in [2.75, 3.05) is 6.54 Å². The minimum absolute atomic E-state index is 0.147. The number of carbonyl (C=O) groups excluding carboxylic acids is 2. The summed E-state index contributed by atoms with van der Waals surface area (Å²) >= 11 is 0. The van der Waals surface area contributed by atoms with Gasteiger partial charge in [0.05, 0.1) is 5.60 Å². The van der Waals surface area contributed by atoms with Crippen molar-refractivity contribution in [2.24, 2.45) is 5.73 Å². The highest BCUT2D eigenvalue weighted by atomic mass is 16.3. The maximum atomic E-state index is 12.6. The topological polar surface area (TPSA) is 83.6 Å². The van der Waals surface area contributed by atoms with E-state index in [0.29, 0.717) is 31.4 Å². The zero-order chi connectivity index (χ0) is 16.3. The average molecular weight is 304 g/mol. The number of nitrogens with zero attached hydrogens (tertiary/aromatic N) is 1. The maximum Gasteiger partial charge on any atom is 0.254 e. The lowest BCUT2D eigenvalue weighted by molar-refractivity contribution is -0.121. The molecule has 1 aromatic rings. The summed E-state index contributed by atoms with van der Waals surface area (Å²) in [6.07, 6.45) is 2.76. The van der Waals surface area contributed by atoms with Gasteiger partial charge in [0, 0.05) is 12.1 Å². The number of amides is 2. The molecule has 1 heterocycles. The van der Waals surface area contributed by atoms with Crippen LogP contribution in [0.15, 0.2) is 24.3 Å². The van der Waals surface area contributed by atoms with E-state index in [1.165, 1.54) is 0 Å². The molecule has 1 saturated heterocycles. The highest BCUT2D eigenvalue weighted by Crippen LogP contribution is 2.21. The first-order valence-electron chi connectivity index (χ1n) is 7.69. The first-order chi connectivity index (χ1) is 10.3. The van der Waals surface area contributed by atoms with E-state index in [0.717, 1.165) is 12.0 Å². The van der Waals surface area contributed by atoms with Crippen LogP contribution in [0.4, 0.5) is 0 Å². The Hall–Kier alpha value is -1.88. The molecule has 0 radical (unpaired) electrons. The normalized spacial score (nSPS) is 18.5. The lowest BCUT2D eigenvalue weighted by Crippen LogP contribution is -2.43. The number of primary amides is 1. The van der Waals surface area contributed by atoms with Crippen molar-refractivity contribution in [1.82, 2.24) is 4.90 Å². The summed E-state index contributed by atoms with van der Waals surface area (Å²) in [4.78, 5) is 25.6. The molecule has 0 bridgehead atoms. The standard InChI is InChI=1S/C17H24N2O3/c1-17(2,22)9-8-12-5-3-6-13(11-12)16(21)19-10-4-7-14(19)15(18)20/h3,5-6,11,14,22H,4,7-10H2,1-2H3,(H2,18,20)/t14-/m0/s1. The van der Waals surface area contributed by atoms with Gasteiger partial charge in [-0.1, -0.05) is 12.1 Å². The Bertz CT molecular complexity index is 563. The summed E-state index contributed by atoms with van der Waals surface area (Å²) in [6.45, 7) is 4.10. The summed E-state index contributed by atoms with van der Waals surface area (Å²) in [6, 6.07) is 6.88.